The van der Waals surface area contributed by atoms with Crippen molar-refractivity contribution >= 4 is 21.6 Å². The first-order valence-corrected chi connectivity index (χ1v) is 11.7. The van der Waals surface area contributed by atoms with E-state index >= 15 is 0 Å². The van der Waals surface area contributed by atoms with Gasteiger partial charge in [-0.25, -0.2) is 9.37 Å². The molecule has 2 N–H and O–H groups in total. The van der Waals surface area contributed by atoms with E-state index in [4.69, 9.17) is 10.7 Å². The number of nitrogens with zero attached hydrogens (tertiary/aromatic N) is 3. The van der Waals surface area contributed by atoms with Gasteiger partial charge in [-0.15, -0.1) is 11.3 Å². The molecule has 32 heavy (non-hydrogen) atoms. The van der Waals surface area contributed by atoms with E-state index in [0.29, 0.717) is 31.4 Å². The van der Waals surface area contributed by atoms with Crippen LogP contribution in [0, 0.1) is 5.82 Å². The van der Waals surface area contributed by atoms with Gasteiger partial charge in [0.25, 0.3) is 5.56 Å². The van der Waals surface area contributed by atoms with Crippen molar-refractivity contribution in [3.05, 3.63) is 99.2 Å². The molecular formula is C25H27FN4OS. The first-order chi connectivity index (χ1) is 15.6. The van der Waals surface area contributed by atoms with Crippen molar-refractivity contribution in [1.29, 1.82) is 0 Å². The van der Waals surface area contributed by atoms with E-state index in [-0.39, 0.29) is 11.4 Å². The van der Waals surface area contributed by atoms with Crippen LogP contribution in [0.4, 0.5) is 4.39 Å². The molecule has 0 fully saturated rings. The maximum absolute atomic E-state index is 13.2. The summed E-state index contributed by atoms with van der Waals surface area (Å²) in [5.74, 6) is 0.578. The summed E-state index contributed by atoms with van der Waals surface area (Å²) in [6, 6.07) is 18.4. The molecule has 0 aliphatic rings. The summed E-state index contributed by atoms with van der Waals surface area (Å²) in [5, 5.41) is 2.59. The number of nitrogens with two attached hydrogens (primary N) is 1. The van der Waals surface area contributed by atoms with E-state index in [2.05, 4.69) is 4.90 Å². The van der Waals surface area contributed by atoms with Gasteiger partial charge in [-0.05, 0) is 47.7 Å². The van der Waals surface area contributed by atoms with Crippen molar-refractivity contribution in [2.45, 2.75) is 25.9 Å². The number of hydrogen-bond donors (Lipinski definition) is 1. The predicted molar refractivity (Wildman–Crippen MR) is 128 cm³/mol. The van der Waals surface area contributed by atoms with Crippen LogP contribution in [0.1, 0.15) is 23.4 Å². The Balaban J connectivity index is 1.50. The normalized spacial score (nSPS) is 11.5. The first kappa shape index (κ1) is 22.3. The second-order valence-electron chi connectivity index (χ2n) is 7.84. The molecule has 0 aliphatic heterocycles. The fraction of sp³-hybridized carbons (Fsp3) is 0.280. The minimum Gasteiger partial charge on any atom is -0.329 e. The Morgan fingerprint density at radius 1 is 1.00 bits per heavy atom. The molecule has 166 valence electrons. The molecule has 2 aromatic heterocycles. The summed E-state index contributed by atoms with van der Waals surface area (Å²) >= 11 is 1.50. The summed E-state index contributed by atoms with van der Waals surface area (Å²) in [5.41, 5.74) is 7.96. The van der Waals surface area contributed by atoms with Crippen LogP contribution in [-0.4, -0.2) is 34.1 Å². The van der Waals surface area contributed by atoms with Crippen LogP contribution in [0.2, 0.25) is 0 Å². The van der Waals surface area contributed by atoms with Crippen LogP contribution in [0.25, 0.3) is 10.2 Å². The molecule has 0 saturated carbocycles. The summed E-state index contributed by atoms with van der Waals surface area (Å²) in [6.45, 7) is 3.35. The van der Waals surface area contributed by atoms with Gasteiger partial charge < -0.3 is 5.73 Å². The van der Waals surface area contributed by atoms with Crippen molar-refractivity contribution in [1.82, 2.24) is 14.5 Å². The van der Waals surface area contributed by atoms with Gasteiger partial charge in [0.2, 0.25) is 0 Å². The SMILES string of the molecule is NCCN(CCCc1nc2sccc2c(=O)n1Cc1ccccc1)Cc1ccc(F)cc1. The van der Waals surface area contributed by atoms with Gasteiger partial charge in [-0.1, -0.05) is 42.5 Å². The second-order valence-corrected chi connectivity index (χ2v) is 8.73. The standard InChI is InChI=1S/C25H27FN4OS/c26-21-10-8-20(9-11-21)17-29(15-13-27)14-4-7-23-28-24-22(12-16-32-24)25(31)30(23)18-19-5-2-1-3-6-19/h1-3,5-6,8-12,16H,4,7,13-15,17-18,27H2. The lowest BCUT2D eigenvalue weighted by molar-refractivity contribution is 0.268. The van der Waals surface area contributed by atoms with E-state index in [1.165, 1.54) is 23.5 Å². The number of aryl methyl sites for hydroxylation is 1. The third-order valence-corrected chi connectivity index (χ3v) is 6.29. The molecule has 0 bridgehead atoms. The van der Waals surface area contributed by atoms with E-state index in [1.807, 2.05) is 53.9 Å². The predicted octanol–water partition coefficient (Wildman–Crippen LogP) is 4.04. The average Bonchev–Trinajstić information content (AvgIpc) is 3.27. The number of rotatable bonds is 10. The second kappa shape index (κ2) is 10.6. The summed E-state index contributed by atoms with van der Waals surface area (Å²) in [7, 11) is 0. The van der Waals surface area contributed by atoms with Crippen molar-refractivity contribution in [2.24, 2.45) is 5.73 Å². The maximum Gasteiger partial charge on any atom is 0.262 e. The number of aromatic nitrogens is 2. The summed E-state index contributed by atoms with van der Waals surface area (Å²) < 4.78 is 15.0. The fourth-order valence-corrected chi connectivity index (χ4v) is 4.65. The molecule has 2 aromatic carbocycles. The third-order valence-electron chi connectivity index (χ3n) is 5.49. The lowest BCUT2D eigenvalue weighted by Gasteiger charge is -2.22. The van der Waals surface area contributed by atoms with E-state index in [9.17, 15) is 9.18 Å². The highest BCUT2D eigenvalue weighted by Crippen LogP contribution is 2.17. The molecular weight excluding hydrogens is 423 g/mol. The van der Waals surface area contributed by atoms with Gasteiger partial charge in [0, 0.05) is 26.1 Å². The molecule has 0 unspecified atom stereocenters. The Kier molecular flexibility index (Phi) is 7.42. The quantitative estimate of drug-likeness (QED) is 0.396. The van der Waals surface area contributed by atoms with Crippen molar-refractivity contribution in [2.75, 3.05) is 19.6 Å². The molecule has 4 rings (SSSR count). The minimum atomic E-state index is -0.231. The topological polar surface area (TPSA) is 64.2 Å². The fourth-order valence-electron chi connectivity index (χ4n) is 3.87. The van der Waals surface area contributed by atoms with Crippen molar-refractivity contribution in [3.8, 4) is 0 Å². The zero-order valence-corrected chi connectivity index (χ0v) is 18.7. The van der Waals surface area contributed by atoms with Crippen molar-refractivity contribution < 1.29 is 4.39 Å². The van der Waals surface area contributed by atoms with Crippen LogP contribution < -0.4 is 11.3 Å². The maximum atomic E-state index is 13.2. The average molecular weight is 451 g/mol. The molecule has 0 amide bonds. The highest BCUT2D eigenvalue weighted by molar-refractivity contribution is 7.16. The molecule has 0 spiro atoms. The zero-order valence-electron chi connectivity index (χ0n) is 17.9. The minimum absolute atomic E-state index is 0.0141. The van der Waals surface area contributed by atoms with Gasteiger partial charge >= 0.3 is 0 Å². The highest BCUT2D eigenvalue weighted by atomic mass is 32.1. The molecule has 0 radical (unpaired) electrons. The molecule has 5 nitrogen and oxygen atoms in total. The largest absolute Gasteiger partial charge is 0.329 e. The highest BCUT2D eigenvalue weighted by Gasteiger charge is 2.13. The van der Waals surface area contributed by atoms with Crippen LogP contribution in [0.5, 0.6) is 0 Å². The van der Waals surface area contributed by atoms with E-state index in [0.717, 1.165) is 41.3 Å². The van der Waals surface area contributed by atoms with Gasteiger partial charge in [-0.2, -0.15) is 0 Å². The smallest absolute Gasteiger partial charge is 0.262 e. The Morgan fingerprint density at radius 3 is 2.53 bits per heavy atom. The number of fused-ring (bicyclic) bond motifs is 1. The number of benzene rings is 2. The Morgan fingerprint density at radius 2 is 1.78 bits per heavy atom. The third kappa shape index (κ3) is 5.48. The number of hydrogen-bond acceptors (Lipinski definition) is 5. The van der Waals surface area contributed by atoms with Crippen LogP contribution in [0.3, 0.4) is 0 Å². The molecule has 2 heterocycles. The number of thiophene rings is 1. The van der Waals surface area contributed by atoms with Crippen LogP contribution in [0.15, 0.2) is 70.8 Å². The van der Waals surface area contributed by atoms with Gasteiger partial charge in [0.05, 0.1) is 11.9 Å². The van der Waals surface area contributed by atoms with Crippen LogP contribution >= 0.6 is 11.3 Å². The zero-order chi connectivity index (χ0) is 22.3. The Labute approximate surface area is 190 Å². The summed E-state index contributed by atoms with van der Waals surface area (Å²) in [6.07, 6.45) is 1.54. The lowest BCUT2D eigenvalue weighted by atomic mass is 10.2. The first-order valence-electron chi connectivity index (χ1n) is 10.8. The molecule has 0 atom stereocenters. The lowest BCUT2D eigenvalue weighted by Crippen LogP contribution is -2.31. The van der Waals surface area contributed by atoms with Gasteiger partial charge in [0.1, 0.15) is 16.5 Å². The summed E-state index contributed by atoms with van der Waals surface area (Å²) in [4.78, 5) is 21.0. The van der Waals surface area contributed by atoms with E-state index < -0.39 is 0 Å². The van der Waals surface area contributed by atoms with Gasteiger partial charge in [0.15, 0.2) is 0 Å². The Bertz CT molecular complexity index is 1200. The molecule has 7 heteroatoms. The van der Waals surface area contributed by atoms with Crippen LogP contribution in [-0.2, 0) is 19.5 Å². The molecule has 0 aliphatic carbocycles. The van der Waals surface area contributed by atoms with E-state index in [1.54, 1.807) is 4.57 Å². The molecule has 0 saturated heterocycles. The van der Waals surface area contributed by atoms with Gasteiger partial charge in [-0.3, -0.25) is 14.3 Å². The Hall–Kier alpha value is -2.87. The number of halogens is 1. The molecule has 4 aromatic rings. The van der Waals surface area contributed by atoms with Crippen molar-refractivity contribution in [3.63, 3.8) is 0 Å². The monoisotopic (exact) mass is 450 g/mol.